The van der Waals surface area contributed by atoms with Crippen molar-refractivity contribution < 1.29 is 8.42 Å². The maximum Gasteiger partial charge on any atom is 0.279 e. The van der Waals surface area contributed by atoms with Gasteiger partial charge in [-0.25, -0.2) is 4.72 Å². The standard InChI is InChI=1S/C13H29N3O2S/c1-4-7-15-19(17,18)16-8-5-6-13(11-16)10-14-9-12(2)3/h12-15H,4-11H2,1-3H3. The SMILES string of the molecule is CCCNS(=O)(=O)N1CCCC(CNCC(C)C)C1. The van der Waals surface area contributed by atoms with Gasteiger partial charge in [-0.3, -0.25) is 0 Å². The predicted octanol–water partition coefficient (Wildman–Crippen LogP) is 1.19. The summed E-state index contributed by atoms with van der Waals surface area (Å²) in [6, 6.07) is 0. The van der Waals surface area contributed by atoms with Gasteiger partial charge in [0, 0.05) is 19.6 Å². The van der Waals surface area contributed by atoms with Crippen LogP contribution in [0.1, 0.15) is 40.0 Å². The van der Waals surface area contributed by atoms with Crippen molar-refractivity contribution >= 4 is 10.2 Å². The Morgan fingerprint density at radius 3 is 2.74 bits per heavy atom. The summed E-state index contributed by atoms with van der Waals surface area (Å²) in [5.74, 6) is 1.07. The van der Waals surface area contributed by atoms with Gasteiger partial charge in [0.2, 0.25) is 0 Å². The van der Waals surface area contributed by atoms with Crippen molar-refractivity contribution in [3.8, 4) is 0 Å². The zero-order chi connectivity index (χ0) is 14.3. The van der Waals surface area contributed by atoms with E-state index < -0.39 is 10.2 Å². The first-order valence-electron chi connectivity index (χ1n) is 7.41. The molecule has 2 N–H and O–H groups in total. The number of nitrogens with zero attached hydrogens (tertiary/aromatic N) is 1. The maximum absolute atomic E-state index is 12.1. The highest BCUT2D eigenvalue weighted by Crippen LogP contribution is 2.18. The number of rotatable bonds is 8. The van der Waals surface area contributed by atoms with E-state index in [2.05, 4.69) is 23.9 Å². The second-order valence-electron chi connectivity index (χ2n) is 5.82. The third-order valence-corrected chi connectivity index (χ3v) is 4.92. The molecular formula is C13H29N3O2S. The van der Waals surface area contributed by atoms with Crippen molar-refractivity contribution in [2.75, 3.05) is 32.7 Å². The van der Waals surface area contributed by atoms with E-state index >= 15 is 0 Å². The second kappa shape index (κ2) is 8.19. The third kappa shape index (κ3) is 6.21. The maximum atomic E-state index is 12.1. The Bertz CT molecular complexity index is 344. The van der Waals surface area contributed by atoms with Crippen molar-refractivity contribution in [1.29, 1.82) is 0 Å². The lowest BCUT2D eigenvalue weighted by atomic mass is 9.99. The molecule has 0 aliphatic carbocycles. The van der Waals surface area contributed by atoms with Gasteiger partial charge in [0.05, 0.1) is 0 Å². The van der Waals surface area contributed by atoms with Crippen LogP contribution in [0.3, 0.4) is 0 Å². The molecule has 0 bridgehead atoms. The van der Waals surface area contributed by atoms with E-state index in [9.17, 15) is 8.42 Å². The minimum absolute atomic E-state index is 0.436. The topological polar surface area (TPSA) is 61.4 Å². The first kappa shape index (κ1) is 16.9. The van der Waals surface area contributed by atoms with Gasteiger partial charge in [0.15, 0.2) is 0 Å². The number of hydrogen-bond acceptors (Lipinski definition) is 3. The van der Waals surface area contributed by atoms with E-state index in [-0.39, 0.29) is 0 Å². The minimum atomic E-state index is -3.26. The highest BCUT2D eigenvalue weighted by molar-refractivity contribution is 7.87. The van der Waals surface area contributed by atoms with E-state index in [1.165, 1.54) is 0 Å². The fourth-order valence-electron chi connectivity index (χ4n) is 2.31. The van der Waals surface area contributed by atoms with Gasteiger partial charge in [-0.15, -0.1) is 0 Å². The zero-order valence-electron chi connectivity index (χ0n) is 12.5. The summed E-state index contributed by atoms with van der Waals surface area (Å²) in [4.78, 5) is 0. The summed E-state index contributed by atoms with van der Waals surface area (Å²) in [5, 5.41) is 3.43. The smallest absolute Gasteiger partial charge is 0.279 e. The average Bonchev–Trinajstić information content (AvgIpc) is 2.36. The zero-order valence-corrected chi connectivity index (χ0v) is 13.3. The molecule has 0 aromatic carbocycles. The van der Waals surface area contributed by atoms with Crippen molar-refractivity contribution in [2.45, 2.75) is 40.0 Å². The molecule has 19 heavy (non-hydrogen) atoms. The van der Waals surface area contributed by atoms with Crippen molar-refractivity contribution in [1.82, 2.24) is 14.3 Å². The number of hydrogen-bond donors (Lipinski definition) is 2. The Hall–Kier alpha value is -0.170. The minimum Gasteiger partial charge on any atom is -0.316 e. The van der Waals surface area contributed by atoms with Crippen LogP contribution in [-0.4, -0.2) is 45.4 Å². The van der Waals surface area contributed by atoms with Gasteiger partial charge < -0.3 is 5.32 Å². The normalized spacial score (nSPS) is 22.0. The van der Waals surface area contributed by atoms with Crippen LogP contribution in [0.2, 0.25) is 0 Å². The molecule has 0 saturated carbocycles. The Morgan fingerprint density at radius 1 is 1.37 bits per heavy atom. The molecule has 0 amide bonds. The van der Waals surface area contributed by atoms with Gasteiger partial charge in [-0.05, 0) is 44.2 Å². The monoisotopic (exact) mass is 291 g/mol. The lowest BCUT2D eigenvalue weighted by Gasteiger charge is -2.32. The average molecular weight is 291 g/mol. The summed E-state index contributed by atoms with van der Waals surface area (Å²) >= 11 is 0. The van der Waals surface area contributed by atoms with Crippen LogP contribution < -0.4 is 10.0 Å². The predicted molar refractivity (Wildman–Crippen MR) is 79.2 cm³/mol. The molecule has 1 saturated heterocycles. The van der Waals surface area contributed by atoms with Crippen molar-refractivity contribution in [2.24, 2.45) is 11.8 Å². The molecule has 5 nitrogen and oxygen atoms in total. The molecule has 114 valence electrons. The molecule has 0 aromatic heterocycles. The largest absolute Gasteiger partial charge is 0.316 e. The van der Waals surface area contributed by atoms with Crippen LogP contribution >= 0.6 is 0 Å². The lowest BCUT2D eigenvalue weighted by Crippen LogP contribution is -2.47. The van der Waals surface area contributed by atoms with Crippen LogP contribution in [-0.2, 0) is 10.2 Å². The van der Waals surface area contributed by atoms with Crippen molar-refractivity contribution in [3.63, 3.8) is 0 Å². The van der Waals surface area contributed by atoms with E-state index in [0.29, 0.717) is 31.5 Å². The molecule has 1 rings (SSSR count). The molecule has 1 aliphatic heterocycles. The summed E-state index contributed by atoms with van der Waals surface area (Å²) < 4.78 is 28.4. The van der Waals surface area contributed by atoms with Crippen LogP contribution in [0.5, 0.6) is 0 Å². The van der Waals surface area contributed by atoms with Gasteiger partial charge >= 0.3 is 0 Å². The van der Waals surface area contributed by atoms with Gasteiger partial charge in [0.25, 0.3) is 10.2 Å². The van der Waals surface area contributed by atoms with Gasteiger partial charge in [-0.1, -0.05) is 20.8 Å². The molecule has 6 heteroatoms. The Labute approximate surface area is 118 Å². The Kier molecular flexibility index (Phi) is 7.28. The number of piperidine rings is 1. The van der Waals surface area contributed by atoms with Crippen molar-refractivity contribution in [3.05, 3.63) is 0 Å². The molecule has 0 aromatic rings. The quantitative estimate of drug-likeness (QED) is 0.706. The lowest BCUT2D eigenvalue weighted by molar-refractivity contribution is 0.256. The van der Waals surface area contributed by atoms with Crippen LogP contribution in [0.4, 0.5) is 0 Å². The third-order valence-electron chi connectivity index (χ3n) is 3.34. The molecular weight excluding hydrogens is 262 g/mol. The Morgan fingerprint density at radius 2 is 2.11 bits per heavy atom. The van der Waals surface area contributed by atoms with Gasteiger partial charge in [0.1, 0.15) is 0 Å². The first-order valence-corrected chi connectivity index (χ1v) is 8.85. The van der Waals surface area contributed by atoms with E-state index in [1.54, 1.807) is 4.31 Å². The van der Waals surface area contributed by atoms with Gasteiger partial charge in [-0.2, -0.15) is 12.7 Å². The van der Waals surface area contributed by atoms with E-state index in [0.717, 1.165) is 32.4 Å². The number of nitrogens with one attached hydrogen (secondary N) is 2. The first-order chi connectivity index (χ1) is 8.95. The highest BCUT2D eigenvalue weighted by atomic mass is 32.2. The fraction of sp³-hybridized carbons (Fsp3) is 1.00. The van der Waals surface area contributed by atoms with E-state index in [4.69, 9.17) is 0 Å². The van der Waals surface area contributed by atoms with Crippen LogP contribution in [0.25, 0.3) is 0 Å². The fourth-order valence-corrected chi connectivity index (χ4v) is 3.73. The van der Waals surface area contributed by atoms with Crippen LogP contribution in [0.15, 0.2) is 0 Å². The molecule has 1 aliphatic rings. The van der Waals surface area contributed by atoms with E-state index in [1.807, 2.05) is 6.92 Å². The molecule has 1 heterocycles. The summed E-state index contributed by atoms with van der Waals surface area (Å²) in [7, 11) is -3.26. The molecule has 1 atom stereocenters. The highest BCUT2D eigenvalue weighted by Gasteiger charge is 2.28. The molecule has 0 radical (unpaired) electrons. The summed E-state index contributed by atoms with van der Waals surface area (Å²) in [5.41, 5.74) is 0. The molecule has 1 unspecified atom stereocenters. The second-order valence-corrected chi connectivity index (χ2v) is 7.57. The summed E-state index contributed by atoms with van der Waals surface area (Å²) in [6.07, 6.45) is 2.90. The molecule has 0 spiro atoms. The molecule has 1 fully saturated rings. The summed E-state index contributed by atoms with van der Waals surface area (Å²) in [6.45, 7) is 10.1. The van der Waals surface area contributed by atoms with Crippen LogP contribution in [0, 0.1) is 11.8 Å². The Balaban J connectivity index is 2.41.